The van der Waals surface area contributed by atoms with Crippen molar-refractivity contribution in [3.63, 3.8) is 0 Å². The summed E-state index contributed by atoms with van der Waals surface area (Å²) in [5, 5.41) is 4.38. The Hall–Kier alpha value is -2.33. The highest BCUT2D eigenvalue weighted by Gasteiger charge is 2.08. The molecule has 20 heavy (non-hydrogen) atoms. The van der Waals surface area contributed by atoms with E-state index in [1.807, 2.05) is 48.3 Å². The van der Waals surface area contributed by atoms with Crippen LogP contribution in [-0.2, 0) is 13.1 Å². The van der Waals surface area contributed by atoms with Crippen LogP contribution in [-0.4, -0.2) is 9.78 Å². The summed E-state index contributed by atoms with van der Waals surface area (Å²) >= 11 is 0. The van der Waals surface area contributed by atoms with Gasteiger partial charge in [0.2, 0.25) is 0 Å². The molecule has 0 saturated carbocycles. The number of aryl methyl sites for hydroxylation is 1. The number of nitrogens with zero attached hydrogens (tertiary/aromatic N) is 2. The number of nitrogens with two attached hydrogens (primary N) is 1. The molecule has 0 atom stereocenters. The summed E-state index contributed by atoms with van der Waals surface area (Å²) in [4.78, 5) is 0. The van der Waals surface area contributed by atoms with Crippen LogP contribution in [0.25, 0.3) is 11.1 Å². The number of benzene rings is 1. The molecule has 0 amide bonds. The van der Waals surface area contributed by atoms with Gasteiger partial charge in [0.25, 0.3) is 0 Å². The van der Waals surface area contributed by atoms with E-state index in [2.05, 4.69) is 17.2 Å². The SMILES string of the molecule is Cc1cc(Cn2cc(-c3ccccc3)cn2)oc1CN. The molecule has 0 bridgehead atoms. The lowest BCUT2D eigenvalue weighted by Crippen LogP contribution is -1.98. The largest absolute Gasteiger partial charge is 0.462 e. The van der Waals surface area contributed by atoms with Gasteiger partial charge in [0.05, 0.1) is 19.3 Å². The summed E-state index contributed by atoms with van der Waals surface area (Å²) < 4.78 is 7.57. The van der Waals surface area contributed by atoms with Crippen LogP contribution in [0, 0.1) is 6.92 Å². The highest BCUT2D eigenvalue weighted by atomic mass is 16.3. The Morgan fingerprint density at radius 1 is 1.20 bits per heavy atom. The summed E-state index contributed by atoms with van der Waals surface area (Å²) in [7, 11) is 0. The van der Waals surface area contributed by atoms with E-state index in [1.54, 1.807) is 0 Å². The lowest BCUT2D eigenvalue weighted by Gasteiger charge is -1.98. The van der Waals surface area contributed by atoms with Crippen molar-refractivity contribution in [2.24, 2.45) is 5.73 Å². The summed E-state index contributed by atoms with van der Waals surface area (Å²) in [6.07, 6.45) is 3.89. The molecule has 2 N–H and O–H groups in total. The smallest absolute Gasteiger partial charge is 0.126 e. The van der Waals surface area contributed by atoms with E-state index in [1.165, 1.54) is 0 Å². The Kier molecular flexibility index (Phi) is 3.39. The zero-order valence-electron chi connectivity index (χ0n) is 11.4. The summed E-state index contributed by atoms with van der Waals surface area (Å²) in [5.74, 6) is 1.72. The average Bonchev–Trinajstić information content (AvgIpc) is 3.07. The minimum atomic E-state index is 0.431. The molecule has 0 unspecified atom stereocenters. The van der Waals surface area contributed by atoms with Gasteiger partial charge in [-0.15, -0.1) is 0 Å². The van der Waals surface area contributed by atoms with Gasteiger partial charge < -0.3 is 10.2 Å². The van der Waals surface area contributed by atoms with Gasteiger partial charge in [0.15, 0.2) is 0 Å². The van der Waals surface area contributed by atoms with Crippen molar-refractivity contribution in [1.29, 1.82) is 0 Å². The fourth-order valence-corrected chi connectivity index (χ4v) is 2.26. The maximum atomic E-state index is 5.70. The maximum absolute atomic E-state index is 5.70. The van der Waals surface area contributed by atoms with Crippen molar-refractivity contribution in [1.82, 2.24) is 9.78 Å². The van der Waals surface area contributed by atoms with Crippen LogP contribution in [0.3, 0.4) is 0 Å². The fraction of sp³-hybridized carbons (Fsp3) is 0.188. The standard InChI is InChI=1S/C16H17N3O/c1-12-7-15(20-16(12)8-17)11-19-10-14(9-18-19)13-5-3-2-4-6-13/h2-7,9-10H,8,11,17H2,1H3. The first-order chi connectivity index (χ1) is 9.76. The predicted octanol–water partition coefficient (Wildman–Crippen LogP) is 2.96. The number of hydrogen-bond acceptors (Lipinski definition) is 3. The van der Waals surface area contributed by atoms with E-state index in [4.69, 9.17) is 10.2 Å². The quantitative estimate of drug-likeness (QED) is 0.790. The van der Waals surface area contributed by atoms with Crippen LogP contribution < -0.4 is 5.73 Å². The first kappa shape index (κ1) is 12.7. The zero-order valence-corrected chi connectivity index (χ0v) is 11.4. The van der Waals surface area contributed by atoms with Crippen LogP contribution >= 0.6 is 0 Å². The molecule has 2 heterocycles. The molecule has 0 aliphatic carbocycles. The molecule has 4 heteroatoms. The normalized spacial score (nSPS) is 10.9. The van der Waals surface area contributed by atoms with Crippen molar-refractivity contribution in [3.8, 4) is 11.1 Å². The fourth-order valence-electron chi connectivity index (χ4n) is 2.26. The van der Waals surface area contributed by atoms with Gasteiger partial charge in [-0.05, 0) is 24.1 Å². The monoisotopic (exact) mass is 267 g/mol. The average molecular weight is 267 g/mol. The molecule has 2 aromatic heterocycles. The van der Waals surface area contributed by atoms with Crippen molar-refractivity contribution >= 4 is 0 Å². The lowest BCUT2D eigenvalue weighted by molar-refractivity contribution is 0.444. The van der Waals surface area contributed by atoms with Crippen molar-refractivity contribution in [3.05, 3.63) is 65.9 Å². The summed E-state index contributed by atoms with van der Waals surface area (Å²) in [5.41, 5.74) is 8.99. The second-order valence-electron chi connectivity index (χ2n) is 4.82. The van der Waals surface area contributed by atoms with Gasteiger partial charge in [-0.1, -0.05) is 30.3 Å². The first-order valence-corrected chi connectivity index (χ1v) is 6.62. The molecule has 0 spiro atoms. The van der Waals surface area contributed by atoms with Gasteiger partial charge in [-0.2, -0.15) is 5.10 Å². The molecular formula is C16H17N3O. The Balaban J connectivity index is 1.80. The molecule has 3 rings (SSSR count). The first-order valence-electron chi connectivity index (χ1n) is 6.62. The second-order valence-corrected chi connectivity index (χ2v) is 4.82. The van der Waals surface area contributed by atoms with E-state index < -0.39 is 0 Å². The minimum Gasteiger partial charge on any atom is -0.462 e. The van der Waals surface area contributed by atoms with E-state index in [9.17, 15) is 0 Å². The third-order valence-corrected chi connectivity index (χ3v) is 3.32. The molecular weight excluding hydrogens is 250 g/mol. The van der Waals surface area contributed by atoms with Crippen molar-refractivity contribution in [2.45, 2.75) is 20.0 Å². The van der Waals surface area contributed by atoms with Crippen LogP contribution in [0.4, 0.5) is 0 Å². The second kappa shape index (κ2) is 5.35. The molecule has 4 nitrogen and oxygen atoms in total. The number of aromatic nitrogens is 2. The van der Waals surface area contributed by atoms with Crippen LogP contribution in [0.15, 0.2) is 53.2 Å². The van der Waals surface area contributed by atoms with Crippen molar-refractivity contribution < 1.29 is 4.42 Å². The van der Waals surface area contributed by atoms with E-state index in [0.29, 0.717) is 13.1 Å². The van der Waals surface area contributed by atoms with Crippen LogP contribution in [0.5, 0.6) is 0 Å². The molecule has 1 aromatic carbocycles. The zero-order chi connectivity index (χ0) is 13.9. The third kappa shape index (κ3) is 2.51. The maximum Gasteiger partial charge on any atom is 0.126 e. The van der Waals surface area contributed by atoms with Gasteiger partial charge in [0.1, 0.15) is 11.5 Å². The Bertz CT molecular complexity index is 698. The van der Waals surface area contributed by atoms with Gasteiger partial charge in [0, 0.05) is 11.8 Å². The van der Waals surface area contributed by atoms with Crippen LogP contribution in [0.1, 0.15) is 17.1 Å². The van der Waals surface area contributed by atoms with Gasteiger partial charge in [-0.3, -0.25) is 4.68 Å². The Morgan fingerprint density at radius 2 is 2.00 bits per heavy atom. The van der Waals surface area contributed by atoms with Crippen molar-refractivity contribution in [2.75, 3.05) is 0 Å². The molecule has 0 radical (unpaired) electrons. The van der Waals surface area contributed by atoms with Gasteiger partial charge in [-0.25, -0.2) is 0 Å². The van der Waals surface area contributed by atoms with E-state index in [-0.39, 0.29) is 0 Å². The van der Waals surface area contributed by atoms with Gasteiger partial charge >= 0.3 is 0 Å². The predicted molar refractivity (Wildman–Crippen MR) is 78.1 cm³/mol. The third-order valence-electron chi connectivity index (χ3n) is 3.32. The summed E-state index contributed by atoms with van der Waals surface area (Å²) in [6.45, 7) is 3.06. The minimum absolute atomic E-state index is 0.431. The summed E-state index contributed by atoms with van der Waals surface area (Å²) in [6, 6.07) is 12.2. The Labute approximate surface area is 117 Å². The molecule has 0 aliphatic rings. The molecule has 0 fully saturated rings. The van der Waals surface area contributed by atoms with E-state index in [0.717, 1.165) is 28.2 Å². The van der Waals surface area contributed by atoms with Crippen LogP contribution in [0.2, 0.25) is 0 Å². The number of rotatable bonds is 4. The lowest BCUT2D eigenvalue weighted by atomic mass is 10.1. The molecule has 3 aromatic rings. The topological polar surface area (TPSA) is 57.0 Å². The highest BCUT2D eigenvalue weighted by molar-refractivity contribution is 5.61. The highest BCUT2D eigenvalue weighted by Crippen LogP contribution is 2.19. The number of hydrogen-bond donors (Lipinski definition) is 1. The van der Waals surface area contributed by atoms with E-state index >= 15 is 0 Å². The molecule has 0 saturated heterocycles. The molecule has 102 valence electrons. The molecule has 0 aliphatic heterocycles. The number of furan rings is 1. The Morgan fingerprint density at radius 3 is 2.70 bits per heavy atom.